The van der Waals surface area contributed by atoms with E-state index in [1.807, 2.05) is 31.2 Å². The number of halogens is 3. The first-order valence-electron chi connectivity index (χ1n) is 7.13. The zero-order valence-electron chi connectivity index (χ0n) is 12.6. The van der Waals surface area contributed by atoms with Gasteiger partial charge in [0.1, 0.15) is 0 Å². The van der Waals surface area contributed by atoms with Crippen molar-refractivity contribution in [2.75, 3.05) is 17.2 Å². The summed E-state index contributed by atoms with van der Waals surface area (Å²) in [6.45, 7) is 2.40. The van der Waals surface area contributed by atoms with Crippen LogP contribution in [0.1, 0.15) is 17.5 Å². The number of aryl methyl sites for hydroxylation is 1. The number of hydrogen-bond acceptors (Lipinski definition) is 2. The van der Waals surface area contributed by atoms with E-state index in [4.69, 9.17) is 0 Å². The van der Waals surface area contributed by atoms with E-state index in [0.717, 1.165) is 23.4 Å². The lowest BCUT2D eigenvalue weighted by Gasteiger charge is -2.10. The van der Waals surface area contributed by atoms with Crippen molar-refractivity contribution in [1.82, 2.24) is 0 Å². The first-order valence-corrected chi connectivity index (χ1v) is 7.13. The van der Waals surface area contributed by atoms with E-state index in [0.29, 0.717) is 12.2 Å². The molecule has 0 saturated carbocycles. The molecule has 2 rings (SSSR count). The molecule has 23 heavy (non-hydrogen) atoms. The van der Waals surface area contributed by atoms with Crippen molar-refractivity contribution >= 4 is 17.3 Å². The number of para-hydroxylation sites is 1. The summed E-state index contributed by atoms with van der Waals surface area (Å²) in [4.78, 5) is 11.8. The van der Waals surface area contributed by atoms with Gasteiger partial charge < -0.3 is 10.6 Å². The van der Waals surface area contributed by atoms with E-state index < -0.39 is 11.7 Å². The van der Waals surface area contributed by atoms with Gasteiger partial charge in [0.2, 0.25) is 5.91 Å². The quantitative estimate of drug-likeness (QED) is 0.853. The third-order valence-electron chi connectivity index (χ3n) is 3.31. The molecular weight excluding hydrogens is 305 g/mol. The van der Waals surface area contributed by atoms with E-state index >= 15 is 0 Å². The maximum Gasteiger partial charge on any atom is 0.416 e. The maximum atomic E-state index is 12.4. The molecule has 0 fully saturated rings. The molecular formula is C17H17F3N2O. The average molecular weight is 322 g/mol. The molecule has 6 heteroatoms. The van der Waals surface area contributed by atoms with Crippen LogP contribution < -0.4 is 10.6 Å². The van der Waals surface area contributed by atoms with Crippen LogP contribution >= 0.6 is 0 Å². The van der Waals surface area contributed by atoms with Gasteiger partial charge in [0, 0.05) is 24.3 Å². The lowest BCUT2D eigenvalue weighted by atomic mass is 10.2. The molecule has 2 N–H and O–H groups in total. The van der Waals surface area contributed by atoms with Crippen molar-refractivity contribution < 1.29 is 18.0 Å². The minimum atomic E-state index is -4.37. The summed E-state index contributed by atoms with van der Waals surface area (Å²) in [5.41, 5.74) is 1.64. The van der Waals surface area contributed by atoms with E-state index in [1.165, 1.54) is 12.1 Å². The number of anilines is 2. The number of carbonyl (C=O) groups is 1. The highest BCUT2D eigenvalue weighted by Crippen LogP contribution is 2.29. The number of benzene rings is 2. The number of carbonyl (C=O) groups excluding carboxylic acids is 1. The molecule has 2 aromatic carbocycles. The predicted octanol–water partition coefficient (Wildman–Crippen LogP) is 4.45. The zero-order valence-corrected chi connectivity index (χ0v) is 12.6. The van der Waals surface area contributed by atoms with Crippen molar-refractivity contribution in [2.24, 2.45) is 0 Å². The summed E-state index contributed by atoms with van der Waals surface area (Å²) in [6.07, 6.45) is -4.16. The van der Waals surface area contributed by atoms with Crippen LogP contribution in [0, 0.1) is 6.92 Å². The molecule has 0 unspecified atom stereocenters. The monoisotopic (exact) mass is 322 g/mol. The molecule has 122 valence electrons. The van der Waals surface area contributed by atoms with Gasteiger partial charge in [0.25, 0.3) is 0 Å². The summed E-state index contributed by atoms with van der Waals surface area (Å²) in [6, 6.07) is 12.1. The Morgan fingerprint density at radius 2 is 1.70 bits per heavy atom. The van der Waals surface area contributed by atoms with Crippen LogP contribution in [-0.4, -0.2) is 12.5 Å². The second-order valence-corrected chi connectivity index (χ2v) is 5.11. The van der Waals surface area contributed by atoms with E-state index in [9.17, 15) is 18.0 Å². The van der Waals surface area contributed by atoms with Gasteiger partial charge in [-0.2, -0.15) is 13.2 Å². The first-order chi connectivity index (χ1) is 10.9. The van der Waals surface area contributed by atoms with Crippen LogP contribution in [0.2, 0.25) is 0 Å². The summed E-state index contributed by atoms with van der Waals surface area (Å²) < 4.78 is 37.3. The molecule has 0 bridgehead atoms. The summed E-state index contributed by atoms with van der Waals surface area (Å²) >= 11 is 0. The maximum absolute atomic E-state index is 12.4. The van der Waals surface area contributed by atoms with Crippen LogP contribution in [0.25, 0.3) is 0 Å². The van der Waals surface area contributed by atoms with Crippen LogP contribution in [0.5, 0.6) is 0 Å². The van der Waals surface area contributed by atoms with Crippen molar-refractivity contribution in [1.29, 1.82) is 0 Å². The standard InChI is InChI=1S/C17H17F3N2O/c1-12-4-2-3-5-15(12)21-11-10-16(23)22-14-8-6-13(7-9-14)17(18,19)20/h2-9,21H,10-11H2,1H3,(H,22,23). The molecule has 1 amide bonds. The first kappa shape index (κ1) is 16.9. The Kier molecular flexibility index (Phi) is 5.26. The van der Waals surface area contributed by atoms with Crippen LogP contribution in [0.15, 0.2) is 48.5 Å². The Balaban J connectivity index is 1.82. The van der Waals surface area contributed by atoms with Gasteiger partial charge in [-0.1, -0.05) is 18.2 Å². The molecule has 0 radical (unpaired) electrons. The molecule has 0 aliphatic carbocycles. The van der Waals surface area contributed by atoms with Crippen molar-refractivity contribution in [3.63, 3.8) is 0 Å². The molecule has 0 heterocycles. The molecule has 0 saturated heterocycles. The molecule has 0 spiro atoms. The van der Waals surface area contributed by atoms with Crippen LogP contribution in [0.3, 0.4) is 0 Å². The van der Waals surface area contributed by atoms with Gasteiger partial charge in [-0.3, -0.25) is 4.79 Å². The normalized spacial score (nSPS) is 11.1. The van der Waals surface area contributed by atoms with Gasteiger partial charge in [-0.05, 0) is 42.8 Å². The minimum absolute atomic E-state index is 0.218. The zero-order chi connectivity index (χ0) is 16.9. The van der Waals surface area contributed by atoms with Gasteiger partial charge >= 0.3 is 6.18 Å². The Morgan fingerprint density at radius 3 is 2.30 bits per heavy atom. The van der Waals surface area contributed by atoms with Crippen LogP contribution in [-0.2, 0) is 11.0 Å². The summed E-state index contributed by atoms with van der Waals surface area (Å²) in [5.74, 6) is -0.258. The van der Waals surface area contributed by atoms with Gasteiger partial charge in [-0.15, -0.1) is 0 Å². The van der Waals surface area contributed by atoms with Gasteiger partial charge in [0.15, 0.2) is 0 Å². The lowest BCUT2D eigenvalue weighted by molar-refractivity contribution is -0.137. The number of amides is 1. The highest BCUT2D eigenvalue weighted by molar-refractivity contribution is 5.91. The highest BCUT2D eigenvalue weighted by Gasteiger charge is 2.29. The molecule has 3 nitrogen and oxygen atoms in total. The van der Waals surface area contributed by atoms with Gasteiger partial charge in [-0.25, -0.2) is 0 Å². The number of hydrogen-bond donors (Lipinski definition) is 2. The smallest absolute Gasteiger partial charge is 0.384 e. The fourth-order valence-electron chi connectivity index (χ4n) is 2.05. The fraction of sp³-hybridized carbons (Fsp3) is 0.235. The Bertz CT molecular complexity index is 666. The minimum Gasteiger partial charge on any atom is -0.384 e. The highest BCUT2D eigenvalue weighted by atomic mass is 19.4. The third kappa shape index (κ3) is 5.02. The molecule has 0 aliphatic rings. The van der Waals surface area contributed by atoms with E-state index in [-0.39, 0.29) is 12.3 Å². The summed E-state index contributed by atoms with van der Waals surface area (Å²) in [7, 11) is 0. The largest absolute Gasteiger partial charge is 0.416 e. The molecule has 0 aliphatic heterocycles. The van der Waals surface area contributed by atoms with Crippen molar-refractivity contribution in [3.8, 4) is 0 Å². The van der Waals surface area contributed by atoms with E-state index in [2.05, 4.69) is 10.6 Å². The second kappa shape index (κ2) is 7.17. The predicted molar refractivity (Wildman–Crippen MR) is 84.4 cm³/mol. The molecule has 0 atom stereocenters. The molecule has 2 aromatic rings. The fourth-order valence-corrected chi connectivity index (χ4v) is 2.05. The lowest BCUT2D eigenvalue weighted by Crippen LogP contribution is -2.16. The average Bonchev–Trinajstić information content (AvgIpc) is 2.49. The van der Waals surface area contributed by atoms with Crippen molar-refractivity contribution in [2.45, 2.75) is 19.5 Å². The Hall–Kier alpha value is -2.50. The number of rotatable bonds is 5. The topological polar surface area (TPSA) is 41.1 Å². The number of nitrogens with one attached hydrogen (secondary N) is 2. The Morgan fingerprint density at radius 1 is 1.04 bits per heavy atom. The SMILES string of the molecule is Cc1ccccc1NCCC(=O)Nc1ccc(C(F)(F)F)cc1. The van der Waals surface area contributed by atoms with E-state index in [1.54, 1.807) is 0 Å². The summed E-state index contributed by atoms with van der Waals surface area (Å²) in [5, 5.41) is 5.72. The van der Waals surface area contributed by atoms with Crippen LogP contribution in [0.4, 0.5) is 24.5 Å². The second-order valence-electron chi connectivity index (χ2n) is 5.11. The van der Waals surface area contributed by atoms with Crippen molar-refractivity contribution in [3.05, 3.63) is 59.7 Å². The Labute approximate surface area is 132 Å². The van der Waals surface area contributed by atoms with Gasteiger partial charge in [0.05, 0.1) is 5.56 Å². The third-order valence-corrected chi connectivity index (χ3v) is 3.31. The molecule has 0 aromatic heterocycles. The number of alkyl halides is 3.